The minimum atomic E-state index is -0.908. The molecule has 4 aromatic rings. The van der Waals surface area contributed by atoms with Gasteiger partial charge in [0, 0.05) is 18.4 Å². The Morgan fingerprint density at radius 3 is 1.82 bits per heavy atom. The molecule has 2 aliphatic carbocycles. The van der Waals surface area contributed by atoms with E-state index in [2.05, 4.69) is 135 Å². The van der Waals surface area contributed by atoms with Gasteiger partial charge in [0.05, 0.1) is 5.56 Å². The van der Waals surface area contributed by atoms with Crippen molar-refractivity contribution in [3.63, 3.8) is 0 Å². The predicted octanol–water partition coefficient (Wildman–Crippen LogP) is 12.2. The van der Waals surface area contributed by atoms with Gasteiger partial charge in [0.25, 0.3) is 0 Å². The topological polar surface area (TPSA) is 53.4 Å². The summed E-state index contributed by atoms with van der Waals surface area (Å²) in [5, 5.41) is 9.07. The summed E-state index contributed by atoms with van der Waals surface area (Å²) in [6.07, 6.45) is 5.58. The van der Waals surface area contributed by atoms with E-state index in [0.717, 1.165) is 35.5 Å². The molecule has 2 aliphatic rings. The number of benzene rings is 3. The summed E-state index contributed by atoms with van der Waals surface area (Å²) in [5.41, 5.74) is 13.7. The van der Waals surface area contributed by atoms with E-state index >= 15 is 0 Å². The molecule has 266 valence electrons. The van der Waals surface area contributed by atoms with E-state index in [4.69, 9.17) is 5.11 Å². The molecule has 0 aliphatic heterocycles. The molecule has 0 radical (unpaired) electrons. The Bertz CT molecular complexity index is 1870. The van der Waals surface area contributed by atoms with E-state index in [9.17, 15) is 4.79 Å². The Morgan fingerprint density at radius 1 is 0.740 bits per heavy atom. The summed E-state index contributed by atoms with van der Waals surface area (Å²) in [4.78, 5) is 18.0. The lowest BCUT2D eigenvalue weighted by atomic mass is 9.63. The zero-order valence-corrected chi connectivity index (χ0v) is 31.7. The second-order valence-electron chi connectivity index (χ2n) is 17.0. The van der Waals surface area contributed by atoms with Crippen LogP contribution in [0.3, 0.4) is 0 Å². The number of fused-ring (bicyclic) bond motifs is 2. The van der Waals surface area contributed by atoms with Crippen LogP contribution in [0.5, 0.6) is 0 Å². The summed E-state index contributed by atoms with van der Waals surface area (Å²) in [5.74, 6) is 0.116. The molecule has 3 aromatic carbocycles. The van der Waals surface area contributed by atoms with Gasteiger partial charge in [-0.25, -0.2) is 9.78 Å². The van der Waals surface area contributed by atoms with Gasteiger partial charge in [-0.2, -0.15) is 0 Å². The molecule has 0 spiro atoms. The Balaban J connectivity index is 0.000000220. The molecule has 0 saturated carbocycles. The third-order valence-electron chi connectivity index (χ3n) is 11.1. The van der Waals surface area contributed by atoms with Gasteiger partial charge in [0.15, 0.2) is 0 Å². The highest BCUT2D eigenvalue weighted by atomic mass is 16.4. The van der Waals surface area contributed by atoms with Crippen LogP contribution in [-0.4, -0.2) is 22.6 Å². The van der Waals surface area contributed by atoms with Crippen LogP contribution >= 0.6 is 0 Å². The van der Waals surface area contributed by atoms with Crippen molar-refractivity contribution < 1.29 is 9.90 Å². The zero-order valence-electron chi connectivity index (χ0n) is 31.7. The molecule has 0 saturated heterocycles. The van der Waals surface area contributed by atoms with E-state index in [1.807, 2.05) is 18.3 Å². The van der Waals surface area contributed by atoms with Crippen molar-refractivity contribution in [1.29, 1.82) is 0 Å². The van der Waals surface area contributed by atoms with Gasteiger partial charge in [0.1, 0.15) is 5.82 Å². The summed E-state index contributed by atoms with van der Waals surface area (Å²) >= 11 is 0. The van der Waals surface area contributed by atoms with Crippen molar-refractivity contribution in [3.05, 3.63) is 130 Å². The van der Waals surface area contributed by atoms with E-state index in [1.165, 1.54) is 51.9 Å². The molecule has 50 heavy (non-hydrogen) atoms. The Kier molecular flexibility index (Phi) is 10.7. The van der Waals surface area contributed by atoms with Crippen molar-refractivity contribution >= 4 is 23.0 Å². The third kappa shape index (κ3) is 7.45. The van der Waals surface area contributed by atoms with Crippen LogP contribution in [0.4, 0.5) is 11.5 Å². The third-order valence-corrected chi connectivity index (χ3v) is 11.1. The first-order chi connectivity index (χ1) is 22.8. The van der Waals surface area contributed by atoms with Crippen LogP contribution in [0.15, 0.2) is 79.5 Å². The molecule has 1 N–H and O–H groups in total. The number of nitrogens with zero attached hydrogens (tertiary/aromatic N) is 2. The Labute approximate surface area is 302 Å². The van der Waals surface area contributed by atoms with Crippen LogP contribution in [0.1, 0.15) is 144 Å². The van der Waals surface area contributed by atoms with Gasteiger partial charge in [-0.1, -0.05) is 106 Å². The first-order valence-electron chi connectivity index (χ1n) is 17.8. The lowest BCUT2D eigenvalue weighted by Crippen LogP contribution is -2.34. The van der Waals surface area contributed by atoms with Gasteiger partial charge in [0.2, 0.25) is 0 Å². The summed E-state index contributed by atoms with van der Waals surface area (Å²) in [6.45, 7) is 30.4. The Hall–Kier alpha value is -4.18. The minimum Gasteiger partial charge on any atom is -0.478 e. The first kappa shape index (κ1) is 38.6. The molecular weight excluding hydrogens is 613 g/mol. The normalized spacial score (nSPS) is 17.3. The fourth-order valence-electron chi connectivity index (χ4n) is 8.26. The van der Waals surface area contributed by atoms with Crippen molar-refractivity contribution in [2.24, 2.45) is 0 Å². The number of aryl methyl sites for hydroxylation is 2. The molecule has 4 nitrogen and oxygen atoms in total. The number of hydrogen-bond acceptors (Lipinski definition) is 3. The Morgan fingerprint density at radius 2 is 1.28 bits per heavy atom. The van der Waals surface area contributed by atoms with Gasteiger partial charge >= 0.3 is 5.97 Å². The monoisotopic (exact) mass is 672 g/mol. The van der Waals surface area contributed by atoms with Crippen molar-refractivity contribution in [1.82, 2.24) is 4.98 Å². The quantitative estimate of drug-likeness (QED) is 0.221. The number of hydrogen-bond donors (Lipinski definition) is 1. The van der Waals surface area contributed by atoms with Gasteiger partial charge in [-0.3, -0.25) is 0 Å². The number of carboxylic acids is 1. The second kappa shape index (κ2) is 13.9. The van der Waals surface area contributed by atoms with Gasteiger partial charge < -0.3 is 10.0 Å². The lowest BCUT2D eigenvalue weighted by Gasteiger charge is -2.42. The number of carboxylic acid groups (broad SMARTS) is 1. The van der Waals surface area contributed by atoms with Crippen molar-refractivity contribution in [2.45, 2.75) is 125 Å². The maximum atomic E-state index is 11.0. The van der Waals surface area contributed by atoms with Crippen LogP contribution in [0.2, 0.25) is 0 Å². The van der Waals surface area contributed by atoms with E-state index in [1.54, 1.807) is 12.1 Å². The molecule has 0 atom stereocenters. The maximum absolute atomic E-state index is 11.0. The minimum absolute atomic E-state index is 0. The smallest absolute Gasteiger partial charge is 0.335 e. The number of pyridine rings is 1. The van der Waals surface area contributed by atoms with E-state index in [0.29, 0.717) is 5.56 Å². The summed E-state index contributed by atoms with van der Waals surface area (Å²) < 4.78 is 0. The molecule has 0 bridgehead atoms. The first-order valence-corrected chi connectivity index (χ1v) is 17.8. The predicted molar refractivity (Wildman–Crippen MR) is 213 cm³/mol. The number of anilines is 2. The van der Waals surface area contributed by atoms with E-state index < -0.39 is 5.97 Å². The van der Waals surface area contributed by atoms with Gasteiger partial charge in [-0.15, -0.1) is 0 Å². The fourth-order valence-corrected chi connectivity index (χ4v) is 8.26. The van der Waals surface area contributed by atoms with Crippen molar-refractivity contribution in [2.75, 3.05) is 11.4 Å². The molecule has 4 heteroatoms. The largest absolute Gasteiger partial charge is 0.478 e. The number of rotatable bonds is 6. The molecule has 1 heterocycles. The highest BCUT2D eigenvalue weighted by Gasteiger charge is 2.42. The SMILES string of the molecule is C.C=C(c1ccc(C(=O)O)cc1)c1cc2c(cc1C)C(C)(C)CC2(C)C.CCN(c1ccc2c(c1)C(C)(C)CCC2(C)C)c1ccc(C)cn1. The average Bonchev–Trinajstić information content (AvgIpc) is 3.22. The molecule has 1 aromatic heterocycles. The van der Waals surface area contributed by atoms with Crippen LogP contribution in [-0.2, 0) is 21.7 Å². The standard InChI is InChI=1S/C23H26O2.C22H30N2.CH4/c1-14-11-19-20(23(5,6)13-22(19,3)4)12-18(14)15(2)16-7-9-17(10-8-16)21(24)25;1-7-24(20-11-8-16(2)15-23-20)17-9-10-18-19(14-17)22(5,6)13-12-21(18,3)4;/h7-12H,2,13H2,1,3-6H3,(H,24,25);8-11,14-15H,7,12-13H2,1-6H3;1H4. The fraction of sp³-hybridized carbons (Fsp3) is 0.435. The zero-order chi connectivity index (χ0) is 36.1. The average molecular weight is 673 g/mol. The number of carbonyl (C=O) groups is 1. The van der Waals surface area contributed by atoms with Crippen LogP contribution in [0.25, 0.3) is 5.57 Å². The molecule has 0 amide bonds. The number of aromatic nitrogens is 1. The maximum Gasteiger partial charge on any atom is 0.335 e. The summed E-state index contributed by atoms with van der Waals surface area (Å²) in [6, 6.07) is 22.8. The second-order valence-corrected chi connectivity index (χ2v) is 17.0. The highest BCUT2D eigenvalue weighted by Crippen LogP contribution is 2.51. The van der Waals surface area contributed by atoms with E-state index in [-0.39, 0.29) is 29.1 Å². The summed E-state index contributed by atoms with van der Waals surface area (Å²) in [7, 11) is 0. The lowest BCUT2D eigenvalue weighted by molar-refractivity contribution is 0.0697. The molecule has 0 fully saturated rings. The van der Waals surface area contributed by atoms with Crippen LogP contribution in [0, 0.1) is 13.8 Å². The van der Waals surface area contributed by atoms with Crippen molar-refractivity contribution in [3.8, 4) is 0 Å². The molecule has 6 rings (SSSR count). The highest BCUT2D eigenvalue weighted by molar-refractivity contribution is 5.89. The molecule has 0 unspecified atom stereocenters. The number of aromatic carboxylic acids is 1. The van der Waals surface area contributed by atoms with Gasteiger partial charge in [-0.05, 0) is 142 Å². The van der Waals surface area contributed by atoms with Crippen LogP contribution < -0.4 is 4.90 Å². The molecular formula is C46H60N2O2.